The summed E-state index contributed by atoms with van der Waals surface area (Å²) in [7, 11) is -4.41. The van der Waals surface area contributed by atoms with Crippen LogP contribution in [-0.2, 0) is 21.3 Å². The Morgan fingerprint density at radius 2 is 1.72 bits per heavy atom. The molecule has 1 atom stereocenters. The van der Waals surface area contributed by atoms with Gasteiger partial charge in [-0.2, -0.15) is 8.42 Å². The second-order valence-electron chi connectivity index (χ2n) is 10.7. The predicted molar refractivity (Wildman–Crippen MR) is 172 cm³/mol. The first-order valence-electron chi connectivity index (χ1n) is 13.6. The maximum Gasteiger partial charge on any atom is 0.328 e. The maximum absolute atomic E-state index is 13.8. The third-order valence-corrected chi connectivity index (χ3v) is 9.21. The van der Waals surface area contributed by atoms with Crippen molar-refractivity contribution in [2.75, 3.05) is 43.0 Å². The van der Waals surface area contributed by atoms with Crippen molar-refractivity contribution in [2.24, 2.45) is 0 Å². The number of anilines is 1. The molecule has 2 heterocycles. The topological polar surface area (TPSA) is 121 Å². The molecule has 0 amide bonds. The molecular weight excluding hydrogens is 637 g/mol. The Bertz CT molecular complexity index is 1450. The number of pyridine rings is 1. The highest BCUT2D eigenvalue weighted by Gasteiger charge is 2.37. The highest BCUT2D eigenvalue weighted by molar-refractivity contribution is 7.87. The first kappa shape index (κ1) is 34.8. The molecule has 0 saturated carbocycles. The summed E-state index contributed by atoms with van der Waals surface area (Å²) in [6.07, 6.45) is -0.0880. The zero-order chi connectivity index (χ0) is 31.8. The zero-order valence-electron chi connectivity index (χ0n) is 24.8. The lowest BCUT2D eigenvalue weighted by molar-refractivity contribution is -0.380. The van der Waals surface area contributed by atoms with E-state index < -0.39 is 20.3 Å². The van der Waals surface area contributed by atoms with Crippen LogP contribution in [0.3, 0.4) is 0 Å². The Hall–Kier alpha value is -2.64. The largest absolute Gasteiger partial charge is 0.475 e. The quantitative estimate of drug-likeness (QED) is 0.0529. The second-order valence-corrected chi connectivity index (χ2v) is 14.1. The Morgan fingerprint density at radius 3 is 2.28 bits per heavy atom. The Labute approximate surface area is 267 Å². The number of rotatable bonds is 16. The van der Waals surface area contributed by atoms with E-state index in [0.717, 1.165) is 22.6 Å². The fraction of sp³-hybridized carbons (Fsp3) is 0.483. The minimum absolute atomic E-state index is 0.0560. The Kier molecular flexibility index (Phi) is 12.5. The molecule has 43 heavy (non-hydrogen) atoms. The lowest BCUT2D eigenvalue weighted by Gasteiger charge is -2.23. The van der Waals surface area contributed by atoms with E-state index in [1.807, 2.05) is 32.6 Å². The SMILES string of the molecule is Cc1cc(OCCOC(C)(C)C)nc(C)c1CC(c1ccsc1[N+](=O)[O-])S(=O)(=O)Oc1ccc(N(CCCl)CCCl)cc1. The van der Waals surface area contributed by atoms with Gasteiger partial charge in [0.1, 0.15) is 17.6 Å². The number of ether oxygens (including phenoxy) is 2. The summed E-state index contributed by atoms with van der Waals surface area (Å²) < 4.78 is 44.6. The summed E-state index contributed by atoms with van der Waals surface area (Å²) in [4.78, 5) is 17.7. The molecule has 2 aromatic heterocycles. The zero-order valence-corrected chi connectivity index (χ0v) is 28.0. The summed E-state index contributed by atoms with van der Waals surface area (Å²) in [5, 5.41) is 11.7. The van der Waals surface area contributed by atoms with Crippen LogP contribution in [0.4, 0.5) is 10.7 Å². The van der Waals surface area contributed by atoms with Crippen molar-refractivity contribution in [3.8, 4) is 11.6 Å². The van der Waals surface area contributed by atoms with Gasteiger partial charge in [-0.05, 0) is 87.9 Å². The van der Waals surface area contributed by atoms with Crippen molar-refractivity contribution in [3.05, 3.63) is 74.3 Å². The number of aromatic nitrogens is 1. The number of thiophene rings is 1. The standard InChI is InChI=1S/C29H37Cl2N3O7S2/c1-20-18-27(39-15-16-40-29(3,4)5)32-21(2)25(20)19-26(24-10-17-42-28(24)34(35)36)43(37,38)41-23-8-6-22(7-9-23)33(13-11-30)14-12-31/h6-10,17-18,26H,11-16,19H2,1-5H3. The number of halogens is 2. The molecule has 0 fully saturated rings. The Morgan fingerprint density at radius 1 is 1.07 bits per heavy atom. The minimum Gasteiger partial charge on any atom is -0.475 e. The van der Waals surface area contributed by atoms with Gasteiger partial charge < -0.3 is 18.6 Å². The highest BCUT2D eigenvalue weighted by Crippen LogP contribution is 2.39. The van der Waals surface area contributed by atoms with Gasteiger partial charge in [-0.3, -0.25) is 10.1 Å². The fourth-order valence-electron chi connectivity index (χ4n) is 4.44. The monoisotopic (exact) mass is 673 g/mol. The van der Waals surface area contributed by atoms with Crippen LogP contribution in [0, 0.1) is 24.0 Å². The summed E-state index contributed by atoms with van der Waals surface area (Å²) in [5.74, 6) is 1.26. The number of nitro groups is 1. The molecule has 14 heteroatoms. The molecule has 0 radical (unpaired) electrons. The molecular formula is C29H37Cl2N3O7S2. The molecule has 0 aliphatic carbocycles. The van der Waals surface area contributed by atoms with Crippen LogP contribution in [-0.4, -0.2) is 62.0 Å². The summed E-state index contributed by atoms with van der Waals surface area (Å²) >= 11 is 12.7. The van der Waals surface area contributed by atoms with E-state index in [9.17, 15) is 18.5 Å². The predicted octanol–water partition coefficient (Wildman–Crippen LogP) is 6.84. The van der Waals surface area contributed by atoms with Gasteiger partial charge in [0.05, 0.1) is 22.7 Å². The lowest BCUT2D eigenvalue weighted by Crippen LogP contribution is -2.27. The van der Waals surface area contributed by atoms with Crippen molar-refractivity contribution in [1.29, 1.82) is 0 Å². The molecule has 3 rings (SSSR count). The Balaban J connectivity index is 1.90. The number of nitrogens with zero attached hydrogens (tertiary/aromatic N) is 3. The van der Waals surface area contributed by atoms with E-state index in [-0.39, 0.29) is 28.3 Å². The average Bonchev–Trinajstić information content (AvgIpc) is 3.40. The van der Waals surface area contributed by atoms with Crippen LogP contribution >= 0.6 is 34.5 Å². The van der Waals surface area contributed by atoms with Crippen molar-refractivity contribution in [3.63, 3.8) is 0 Å². The van der Waals surface area contributed by atoms with Crippen LogP contribution in [0.5, 0.6) is 11.6 Å². The van der Waals surface area contributed by atoms with E-state index in [1.165, 1.54) is 23.6 Å². The van der Waals surface area contributed by atoms with Gasteiger partial charge in [0.25, 0.3) is 0 Å². The van der Waals surface area contributed by atoms with Gasteiger partial charge >= 0.3 is 15.1 Å². The maximum atomic E-state index is 13.8. The van der Waals surface area contributed by atoms with E-state index >= 15 is 0 Å². The van der Waals surface area contributed by atoms with E-state index in [0.29, 0.717) is 55.2 Å². The molecule has 0 bridgehead atoms. The first-order chi connectivity index (χ1) is 20.3. The molecule has 0 N–H and O–H groups in total. The van der Waals surface area contributed by atoms with E-state index in [4.69, 9.17) is 36.9 Å². The van der Waals surface area contributed by atoms with Crippen molar-refractivity contribution < 1.29 is 27.0 Å². The van der Waals surface area contributed by atoms with Gasteiger partial charge in [-0.25, -0.2) is 4.98 Å². The van der Waals surface area contributed by atoms with Crippen LogP contribution in [0.15, 0.2) is 41.8 Å². The van der Waals surface area contributed by atoms with Crippen LogP contribution in [0.25, 0.3) is 0 Å². The highest BCUT2D eigenvalue weighted by atomic mass is 35.5. The number of hydrogen-bond acceptors (Lipinski definition) is 10. The molecule has 3 aromatic rings. The van der Waals surface area contributed by atoms with Crippen molar-refractivity contribution in [1.82, 2.24) is 4.98 Å². The molecule has 10 nitrogen and oxygen atoms in total. The van der Waals surface area contributed by atoms with E-state index in [2.05, 4.69) is 4.98 Å². The molecule has 0 spiro atoms. The summed E-state index contributed by atoms with van der Waals surface area (Å²) in [5.41, 5.74) is 2.48. The summed E-state index contributed by atoms with van der Waals surface area (Å²) in [6.45, 7) is 11.2. The molecule has 236 valence electrons. The third kappa shape index (κ3) is 9.94. The van der Waals surface area contributed by atoms with Gasteiger partial charge in [-0.15, -0.1) is 23.2 Å². The second kappa shape index (κ2) is 15.4. The lowest BCUT2D eigenvalue weighted by atomic mass is 10.00. The number of benzene rings is 1. The van der Waals surface area contributed by atoms with Crippen LogP contribution in [0.1, 0.15) is 48.4 Å². The minimum atomic E-state index is -4.41. The smallest absolute Gasteiger partial charge is 0.328 e. The first-order valence-corrected chi connectivity index (χ1v) is 17.0. The van der Waals surface area contributed by atoms with Gasteiger partial charge in [-0.1, -0.05) is 11.3 Å². The molecule has 0 aliphatic heterocycles. The van der Waals surface area contributed by atoms with Gasteiger partial charge in [0.15, 0.2) is 0 Å². The fourth-order valence-corrected chi connectivity index (χ4v) is 7.06. The molecule has 1 aromatic carbocycles. The number of alkyl halides is 2. The molecule has 1 unspecified atom stereocenters. The van der Waals surface area contributed by atoms with Crippen LogP contribution in [0.2, 0.25) is 0 Å². The number of hydrogen-bond donors (Lipinski definition) is 0. The van der Waals surface area contributed by atoms with Crippen LogP contribution < -0.4 is 13.8 Å². The molecule has 0 aliphatic rings. The number of aryl methyl sites for hydroxylation is 2. The molecule has 0 saturated heterocycles. The average molecular weight is 675 g/mol. The van der Waals surface area contributed by atoms with Crippen molar-refractivity contribution >= 4 is 55.3 Å². The summed E-state index contributed by atoms with van der Waals surface area (Å²) in [6, 6.07) is 9.69. The van der Waals surface area contributed by atoms with Gasteiger partial charge in [0.2, 0.25) is 5.88 Å². The third-order valence-electron chi connectivity index (χ3n) is 6.45. The van der Waals surface area contributed by atoms with Crippen molar-refractivity contribution in [2.45, 2.75) is 51.9 Å². The van der Waals surface area contributed by atoms with E-state index in [1.54, 1.807) is 25.1 Å². The van der Waals surface area contributed by atoms with Gasteiger partial charge in [0, 0.05) is 42.3 Å². The normalized spacial score (nSPS) is 12.6.